The van der Waals surface area contributed by atoms with Gasteiger partial charge in [-0.1, -0.05) is 24.3 Å². The number of nitrogens with zero attached hydrogens (tertiary/aromatic N) is 1. The van der Waals surface area contributed by atoms with E-state index >= 15 is 0 Å². The third-order valence-corrected chi connectivity index (χ3v) is 3.82. The van der Waals surface area contributed by atoms with Crippen LogP contribution in [0.15, 0.2) is 48.5 Å². The number of hydrogen-bond acceptors (Lipinski definition) is 3. The largest absolute Gasteiger partial charge is 0.497 e. The molecule has 0 aliphatic rings. The summed E-state index contributed by atoms with van der Waals surface area (Å²) in [4.78, 5) is 25.1. The smallest absolute Gasteiger partial charge is 0.335 e. The van der Waals surface area contributed by atoms with E-state index < -0.39 is 5.97 Å². The molecule has 0 heterocycles. The summed E-state index contributed by atoms with van der Waals surface area (Å²) >= 11 is 0. The van der Waals surface area contributed by atoms with Crippen molar-refractivity contribution in [2.75, 3.05) is 13.7 Å². The standard InChI is InChI=1S/C19H21NO4/c1-3-20(13-15-6-10-17(24-2)11-7-15)18(21)12-14-4-8-16(9-5-14)19(22)23/h4-11H,3,12-13H2,1-2H3,(H,22,23). The van der Waals surface area contributed by atoms with Crippen molar-refractivity contribution in [2.24, 2.45) is 0 Å². The van der Waals surface area contributed by atoms with Crippen molar-refractivity contribution < 1.29 is 19.4 Å². The monoisotopic (exact) mass is 327 g/mol. The molecular weight excluding hydrogens is 306 g/mol. The van der Waals surface area contributed by atoms with Gasteiger partial charge in [-0.2, -0.15) is 0 Å². The summed E-state index contributed by atoms with van der Waals surface area (Å²) in [5, 5.41) is 8.90. The summed E-state index contributed by atoms with van der Waals surface area (Å²) < 4.78 is 5.13. The maximum Gasteiger partial charge on any atom is 0.335 e. The van der Waals surface area contributed by atoms with Crippen molar-refractivity contribution >= 4 is 11.9 Å². The summed E-state index contributed by atoms with van der Waals surface area (Å²) in [6, 6.07) is 14.0. The van der Waals surface area contributed by atoms with Gasteiger partial charge in [0.2, 0.25) is 5.91 Å². The maximum atomic E-state index is 12.5. The highest BCUT2D eigenvalue weighted by molar-refractivity contribution is 5.87. The molecule has 1 N–H and O–H groups in total. The first-order valence-electron chi connectivity index (χ1n) is 7.76. The van der Waals surface area contributed by atoms with Gasteiger partial charge in [0.05, 0.1) is 19.1 Å². The molecule has 0 saturated carbocycles. The van der Waals surface area contributed by atoms with Crippen molar-refractivity contribution in [1.29, 1.82) is 0 Å². The van der Waals surface area contributed by atoms with Crippen LogP contribution in [0.5, 0.6) is 5.75 Å². The van der Waals surface area contributed by atoms with E-state index in [1.807, 2.05) is 31.2 Å². The lowest BCUT2D eigenvalue weighted by molar-refractivity contribution is -0.130. The lowest BCUT2D eigenvalue weighted by atomic mass is 10.1. The molecular formula is C19H21NO4. The molecule has 0 unspecified atom stereocenters. The van der Waals surface area contributed by atoms with E-state index in [2.05, 4.69) is 0 Å². The van der Waals surface area contributed by atoms with Gasteiger partial charge in [-0.15, -0.1) is 0 Å². The van der Waals surface area contributed by atoms with E-state index in [-0.39, 0.29) is 17.9 Å². The zero-order valence-corrected chi connectivity index (χ0v) is 13.9. The van der Waals surface area contributed by atoms with Gasteiger partial charge in [0.15, 0.2) is 0 Å². The topological polar surface area (TPSA) is 66.8 Å². The molecule has 1 amide bonds. The molecule has 0 bridgehead atoms. The van der Waals surface area contributed by atoms with Crippen molar-refractivity contribution in [3.63, 3.8) is 0 Å². The molecule has 5 heteroatoms. The van der Waals surface area contributed by atoms with Crippen LogP contribution in [-0.4, -0.2) is 35.5 Å². The summed E-state index contributed by atoms with van der Waals surface area (Å²) in [6.07, 6.45) is 0.254. The predicted octanol–water partition coefficient (Wildman–Crippen LogP) is 2.98. The second-order valence-corrected chi connectivity index (χ2v) is 5.43. The van der Waals surface area contributed by atoms with E-state index in [4.69, 9.17) is 9.84 Å². The van der Waals surface area contributed by atoms with Crippen LogP contribution in [0.3, 0.4) is 0 Å². The van der Waals surface area contributed by atoms with Gasteiger partial charge in [-0.3, -0.25) is 4.79 Å². The number of rotatable bonds is 7. The number of aromatic carboxylic acids is 1. The van der Waals surface area contributed by atoms with Gasteiger partial charge in [0, 0.05) is 13.1 Å². The fourth-order valence-corrected chi connectivity index (χ4v) is 2.38. The molecule has 2 rings (SSSR count). The Balaban J connectivity index is 2.00. The maximum absolute atomic E-state index is 12.5. The molecule has 5 nitrogen and oxygen atoms in total. The summed E-state index contributed by atoms with van der Waals surface area (Å²) in [5.74, 6) is -0.175. The lowest BCUT2D eigenvalue weighted by Crippen LogP contribution is -2.31. The highest BCUT2D eigenvalue weighted by Gasteiger charge is 2.13. The second-order valence-electron chi connectivity index (χ2n) is 5.43. The van der Waals surface area contributed by atoms with Crippen molar-refractivity contribution in [1.82, 2.24) is 4.90 Å². The number of hydrogen-bond donors (Lipinski definition) is 1. The fourth-order valence-electron chi connectivity index (χ4n) is 2.38. The Kier molecular flexibility index (Phi) is 5.95. The number of amides is 1. The highest BCUT2D eigenvalue weighted by atomic mass is 16.5. The Labute approximate surface area is 141 Å². The Bertz CT molecular complexity index is 692. The van der Waals surface area contributed by atoms with E-state index in [0.29, 0.717) is 13.1 Å². The van der Waals surface area contributed by atoms with Crippen molar-refractivity contribution in [3.05, 3.63) is 65.2 Å². The van der Waals surface area contributed by atoms with E-state index in [0.717, 1.165) is 16.9 Å². The van der Waals surface area contributed by atoms with Crippen LogP contribution < -0.4 is 4.74 Å². The van der Waals surface area contributed by atoms with Gasteiger partial charge in [-0.25, -0.2) is 4.79 Å². The average molecular weight is 327 g/mol. The fraction of sp³-hybridized carbons (Fsp3) is 0.263. The van der Waals surface area contributed by atoms with Crippen LogP contribution in [0.1, 0.15) is 28.4 Å². The number of carboxylic acid groups (broad SMARTS) is 1. The predicted molar refractivity (Wildman–Crippen MR) is 91.2 cm³/mol. The molecule has 0 aromatic heterocycles. The van der Waals surface area contributed by atoms with Crippen LogP contribution >= 0.6 is 0 Å². The molecule has 0 aliphatic carbocycles. The van der Waals surface area contributed by atoms with Crippen LogP contribution in [0.4, 0.5) is 0 Å². The molecule has 126 valence electrons. The zero-order valence-electron chi connectivity index (χ0n) is 13.9. The Morgan fingerprint density at radius 2 is 1.58 bits per heavy atom. The molecule has 0 aliphatic heterocycles. The molecule has 0 radical (unpaired) electrons. The number of likely N-dealkylation sites (N-methyl/N-ethyl adjacent to an activating group) is 1. The van der Waals surface area contributed by atoms with Gasteiger partial charge in [-0.05, 0) is 42.3 Å². The van der Waals surface area contributed by atoms with Crippen LogP contribution in [-0.2, 0) is 17.8 Å². The molecule has 24 heavy (non-hydrogen) atoms. The average Bonchev–Trinajstić information content (AvgIpc) is 2.60. The third-order valence-electron chi connectivity index (χ3n) is 3.82. The molecule has 0 fully saturated rings. The Hall–Kier alpha value is -2.82. The summed E-state index contributed by atoms with van der Waals surface area (Å²) in [5.41, 5.74) is 2.06. The van der Waals surface area contributed by atoms with Crippen LogP contribution in [0.25, 0.3) is 0 Å². The second kappa shape index (κ2) is 8.15. The van der Waals surface area contributed by atoms with E-state index in [1.54, 1.807) is 24.1 Å². The van der Waals surface area contributed by atoms with Gasteiger partial charge in [0.25, 0.3) is 0 Å². The van der Waals surface area contributed by atoms with Crippen molar-refractivity contribution in [3.8, 4) is 5.75 Å². The van der Waals surface area contributed by atoms with Crippen molar-refractivity contribution in [2.45, 2.75) is 19.9 Å². The molecule has 0 saturated heterocycles. The lowest BCUT2D eigenvalue weighted by Gasteiger charge is -2.21. The van der Waals surface area contributed by atoms with Gasteiger partial charge >= 0.3 is 5.97 Å². The number of carboxylic acids is 1. The molecule has 0 atom stereocenters. The third kappa shape index (κ3) is 4.59. The first kappa shape index (κ1) is 17.5. The summed E-state index contributed by atoms with van der Waals surface area (Å²) in [7, 11) is 1.62. The summed E-state index contributed by atoms with van der Waals surface area (Å²) in [6.45, 7) is 3.08. The number of ether oxygens (including phenoxy) is 1. The van der Waals surface area contributed by atoms with Gasteiger partial charge < -0.3 is 14.7 Å². The minimum absolute atomic E-state index is 0.0105. The van der Waals surface area contributed by atoms with Crippen LogP contribution in [0, 0.1) is 0 Å². The first-order chi connectivity index (χ1) is 11.5. The minimum atomic E-state index is -0.970. The normalized spacial score (nSPS) is 10.2. The number of benzene rings is 2. The molecule has 0 spiro atoms. The zero-order chi connectivity index (χ0) is 17.5. The number of methoxy groups -OCH3 is 1. The molecule has 2 aromatic carbocycles. The van der Waals surface area contributed by atoms with E-state index in [9.17, 15) is 9.59 Å². The first-order valence-corrected chi connectivity index (χ1v) is 7.76. The SMILES string of the molecule is CCN(Cc1ccc(OC)cc1)C(=O)Cc1ccc(C(=O)O)cc1. The quantitative estimate of drug-likeness (QED) is 0.849. The molecule has 2 aromatic rings. The Morgan fingerprint density at radius 1 is 1.00 bits per heavy atom. The van der Waals surface area contributed by atoms with Gasteiger partial charge in [0.1, 0.15) is 5.75 Å². The van der Waals surface area contributed by atoms with Crippen LogP contribution in [0.2, 0.25) is 0 Å². The minimum Gasteiger partial charge on any atom is -0.497 e. The number of carbonyl (C=O) groups excluding carboxylic acids is 1. The highest BCUT2D eigenvalue weighted by Crippen LogP contribution is 2.14. The Morgan fingerprint density at radius 3 is 2.08 bits per heavy atom. The van der Waals surface area contributed by atoms with E-state index in [1.165, 1.54) is 12.1 Å². The number of carbonyl (C=O) groups is 2.